The molecule has 6 heteroatoms. The summed E-state index contributed by atoms with van der Waals surface area (Å²) in [5.74, 6) is -0.804. The zero-order chi connectivity index (χ0) is 21.1. The molecule has 146 valence electrons. The Morgan fingerprint density at radius 2 is 1.83 bits per heavy atom. The van der Waals surface area contributed by atoms with E-state index in [4.69, 9.17) is 11.6 Å². The third-order valence-electron chi connectivity index (χ3n) is 4.66. The molecule has 3 rings (SSSR count). The molecular weight excluding hydrogens is 389 g/mol. The maximum atomic E-state index is 13.2. The molecule has 0 spiro atoms. The fourth-order valence-electron chi connectivity index (χ4n) is 3.18. The molecule has 0 saturated carbocycles. The van der Waals surface area contributed by atoms with Gasteiger partial charge in [0.15, 0.2) is 0 Å². The topological polar surface area (TPSA) is 57.8 Å². The van der Waals surface area contributed by atoms with Crippen molar-refractivity contribution in [1.29, 1.82) is 5.26 Å². The van der Waals surface area contributed by atoms with Crippen LogP contribution in [0.5, 0.6) is 0 Å². The van der Waals surface area contributed by atoms with Crippen molar-refractivity contribution >= 4 is 29.3 Å². The van der Waals surface area contributed by atoms with Gasteiger partial charge in [0, 0.05) is 27.8 Å². The molecule has 2 aromatic carbocycles. The lowest BCUT2D eigenvalue weighted by Gasteiger charge is -2.10. The van der Waals surface area contributed by atoms with Crippen LogP contribution in [0.2, 0.25) is 5.02 Å². The molecule has 0 fully saturated rings. The minimum Gasteiger partial charge on any atom is -0.321 e. The molecule has 0 bridgehead atoms. The molecular formula is C23H19ClFN3O. The van der Waals surface area contributed by atoms with Crippen molar-refractivity contribution < 1.29 is 9.18 Å². The first-order valence-corrected chi connectivity index (χ1v) is 9.32. The summed E-state index contributed by atoms with van der Waals surface area (Å²) in [6, 6.07) is 15.1. The van der Waals surface area contributed by atoms with Crippen molar-refractivity contribution in [3.05, 3.63) is 87.5 Å². The van der Waals surface area contributed by atoms with Gasteiger partial charge < -0.3 is 9.88 Å². The van der Waals surface area contributed by atoms with Gasteiger partial charge >= 0.3 is 0 Å². The summed E-state index contributed by atoms with van der Waals surface area (Å²) in [6.07, 6.45) is 1.56. The van der Waals surface area contributed by atoms with Gasteiger partial charge in [-0.05, 0) is 86.5 Å². The van der Waals surface area contributed by atoms with Gasteiger partial charge in [0.25, 0.3) is 5.91 Å². The Hall–Kier alpha value is -3.36. The Morgan fingerprint density at radius 1 is 1.14 bits per heavy atom. The summed E-state index contributed by atoms with van der Waals surface area (Å²) in [4.78, 5) is 12.6. The van der Waals surface area contributed by atoms with Crippen LogP contribution in [0, 0.1) is 37.9 Å². The number of carbonyl (C=O) groups is 1. The first-order chi connectivity index (χ1) is 13.8. The number of amides is 1. The number of hydrogen-bond donors (Lipinski definition) is 1. The molecule has 0 atom stereocenters. The van der Waals surface area contributed by atoms with Crippen LogP contribution in [0.1, 0.15) is 22.5 Å². The van der Waals surface area contributed by atoms with Gasteiger partial charge in [0.05, 0.1) is 0 Å². The molecule has 1 N–H and O–H groups in total. The molecule has 1 amide bonds. The average molecular weight is 408 g/mol. The van der Waals surface area contributed by atoms with E-state index < -0.39 is 5.91 Å². The third-order valence-corrected chi connectivity index (χ3v) is 4.89. The van der Waals surface area contributed by atoms with Crippen LogP contribution in [0.4, 0.5) is 10.1 Å². The highest BCUT2D eigenvalue weighted by molar-refractivity contribution is 6.30. The smallest absolute Gasteiger partial charge is 0.266 e. The van der Waals surface area contributed by atoms with Crippen LogP contribution in [-0.2, 0) is 4.79 Å². The summed E-state index contributed by atoms with van der Waals surface area (Å²) in [5, 5.41) is 12.8. The van der Waals surface area contributed by atoms with Crippen LogP contribution in [0.3, 0.4) is 0 Å². The second-order valence-electron chi connectivity index (χ2n) is 6.72. The molecule has 0 unspecified atom stereocenters. The van der Waals surface area contributed by atoms with E-state index in [2.05, 4.69) is 5.32 Å². The summed E-state index contributed by atoms with van der Waals surface area (Å²) in [7, 11) is 0. The lowest BCUT2D eigenvalue weighted by atomic mass is 10.1. The largest absolute Gasteiger partial charge is 0.321 e. The number of benzene rings is 2. The van der Waals surface area contributed by atoms with Crippen molar-refractivity contribution in [3.63, 3.8) is 0 Å². The fraction of sp³-hybridized carbons (Fsp3) is 0.130. The average Bonchev–Trinajstić information content (AvgIpc) is 2.96. The highest BCUT2D eigenvalue weighted by Crippen LogP contribution is 2.24. The first-order valence-electron chi connectivity index (χ1n) is 8.94. The number of rotatable bonds is 4. The van der Waals surface area contributed by atoms with Crippen LogP contribution in [-0.4, -0.2) is 10.5 Å². The molecule has 0 saturated heterocycles. The number of anilines is 1. The second kappa shape index (κ2) is 8.34. The monoisotopic (exact) mass is 407 g/mol. The zero-order valence-electron chi connectivity index (χ0n) is 16.3. The number of aromatic nitrogens is 1. The van der Waals surface area contributed by atoms with Crippen molar-refractivity contribution in [2.24, 2.45) is 0 Å². The molecule has 1 heterocycles. The summed E-state index contributed by atoms with van der Waals surface area (Å²) in [6.45, 7) is 5.63. The van der Waals surface area contributed by atoms with Gasteiger partial charge in [0.2, 0.25) is 0 Å². The van der Waals surface area contributed by atoms with E-state index in [1.807, 2.05) is 37.5 Å². The van der Waals surface area contributed by atoms with E-state index in [1.54, 1.807) is 36.4 Å². The highest BCUT2D eigenvalue weighted by atomic mass is 35.5. The SMILES string of the molecule is Cc1cc(Cl)ccc1NC(=O)/C(C#N)=C/c1cc(C)n(-c2ccc(F)cc2)c1C. The van der Waals surface area contributed by atoms with Gasteiger partial charge in [-0.15, -0.1) is 0 Å². The predicted molar refractivity (Wildman–Crippen MR) is 114 cm³/mol. The molecule has 0 aliphatic carbocycles. The van der Waals surface area contributed by atoms with Crippen molar-refractivity contribution in [3.8, 4) is 11.8 Å². The van der Waals surface area contributed by atoms with Gasteiger partial charge in [0.1, 0.15) is 17.5 Å². The Labute approximate surface area is 173 Å². The van der Waals surface area contributed by atoms with Gasteiger partial charge in [-0.1, -0.05) is 11.6 Å². The Kier molecular flexibility index (Phi) is 5.86. The second-order valence-corrected chi connectivity index (χ2v) is 7.16. The Morgan fingerprint density at radius 3 is 2.45 bits per heavy atom. The van der Waals surface area contributed by atoms with E-state index in [9.17, 15) is 14.4 Å². The van der Waals surface area contributed by atoms with Crippen molar-refractivity contribution in [2.75, 3.05) is 5.32 Å². The quantitative estimate of drug-likeness (QED) is 0.442. The number of halogens is 2. The summed E-state index contributed by atoms with van der Waals surface area (Å²) >= 11 is 5.94. The number of nitrogens with zero attached hydrogens (tertiary/aromatic N) is 2. The van der Waals surface area contributed by atoms with Crippen LogP contribution >= 0.6 is 11.6 Å². The lowest BCUT2D eigenvalue weighted by molar-refractivity contribution is -0.112. The van der Waals surface area contributed by atoms with E-state index in [-0.39, 0.29) is 11.4 Å². The molecule has 3 aromatic rings. The zero-order valence-corrected chi connectivity index (χ0v) is 17.0. The molecule has 0 aliphatic rings. The summed E-state index contributed by atoms with van der Waals surface area (Å²) in [5.41, 5.74) is 4.68. The van der Waals surface area contributed by atoms with Gasteiger partial charge in [-0.2, -0.15) is 5.26 Å². The lowest BCUT2D eigenvalue weighted by Crippen LogP contribution is -2.14. The molecule has 29 heavy (non-hydrogen) atoms. The number of aryl methyl sites for hydroxylation is 2. The van der Waals surface area contributed by atoms with E-state index in [0.717, 1.165) is 28.2 Å². The highest BCUT2D eigenvalue weighted by Gasteiger charge is 2.15. The fourth-order valence-corrected chi connectivity index (χ4v) is 3.41. The molecule has 1 aromatic heterocycles. The van der Waals surface area contributed by atoms with Crippen molar-refractivity contribution in [1.82, 2.24) is 4.57 Å². The van der Waals surface area contributed by atoms with Gasteiger partial charge in [-0.25, -0.2) is 4.39 Å². The van der Waals surface area contributed by atoms with E-state index in [1.165, 1.54) is 12.1 Å². The minimum atomic E-state index is -0.496. The maximum Gasteiger partial charge on any atom is 0.266 e. The maximum absolute atomic E-state index is 13.2. The number of hydrogen-bond acceptors (Lipinski definition) is 2. The van der Waals surface area contributed by atoms with Crippen LogP contribution in [0.15, 0.2) is 54.1 Å². The first kappa shape index (κ1) is 20.4. The normalized spacial score (nSPS) is 11.2. The van der Waals surface area contributed by atoms with Crippen LogP contribution in [0.25, 0.3) is 11.8 Å². The third kappa shape index (κ3) is 4.39. The molecule has 0 aliphatic heterocycles. The number of nitriles is 1. The Bertz CT molecular complexity index is 1150. The van der Waals surface area contributed by atoms with Crippen LogP contribution < -0.4 is 5.32 Å². The standard InChI is InChI=1S/C23H19ClFN3O/c1-14-10-19(24)4-9-22(14)27-23(29)18(13-26)12-17-11-15(2)28(16(17)3)21-7-5-20(25)6-8-21/h4-12H,1-3H3,(H,27,29)/b18-12+. The van der Waals surface area contributed by atoms with Crippen molar-refractivity contribution in [2.45, 2.75) is 20.8 Å². The molecule has 4 nitrogen and oxygen atoms in total. The van der Waals surface area contributed by atoms with Gasteiger partial charge in [-0.3, -0.25) is 4.79 Å². The van der Waals surface area contributed by atoms with E-state index in [0.29, 0.717) is 10.7 Å². The van der Waals surface area contributed by atoms with E-state index >= 15 is 0 Å². The minimum absolute atomic E-state index is 0.0151. The Balaban J connectivity index is 1.93. The number of nitrogens with one attached hydrogen (secondary N) is 1. The molecule has 0 radical (unpaired) electrons. The summed E-state index contributed by atoms with van der Waals surface area (Å²) < 4.78 is 15.2. The number of carbonyl (C=O) groups excluding carboxylic acids is 1. The predicted octanol–water partition coefficient (Wildman–Crippen LogP) is 5.74.